The predicted molar refractivity (Wildman–Crippen MR) is 92.1 cm³/mol. The highest BCUT2D eigenvalue weighted by atomic mass is 32.2. The highest BCUT2D eigenvalue weighted by Gasteiger charge is 2.35. The van der Waals surface area contributed by atoms with Crippen molar-refractivity contribution in [3.63, 3.8) is 0 Å². The predicted octanol–water partition coefficient (Wildman–Crippen LogP) is 0.532. The second-order valence-electron chi connectivity index (χ2n) is 5.79. The molecule has 24 heavy (non-hydrogen) atoms. The van der Waals surface area contributed by atoms with Gasteiger partial charge in [-0.1, -0.05) is 25.1 Å². The highest BCUT2D eigenvalue weighted by molar-refractivity contribution is 7.92. The molecule has 1 aliphatic heterocycles. The third-order valence-corrected chi connectivity index (χ3v) is 5.28. The van der Waals surface area contributed by atoms with Gasteiger partial charge in [0.25, 0.3) is 0 Å². The van der Waals surface area contributed by atoms with Crippen LogP contribution in [0.15, 0.2) is 30.3 Å². The number of benzene rings is 1. The topological polar surface area (TPSA) is 78.0 Å². The first-order chi connectivity index (χ1) is 11.4. The average molecular weight is 353 g/mol. The first kappa shape index (κ1) is 18.3. The summed E-state index contributed by atoms with van der Waals surface area (Å²) in [5.74, 6) is -0.225. The fourth-order valence-electron chi connectivity index (χ4n) is 2.88. The van der Waals surface area contributed by atoms with E-state index in [2.05, 4.69) is 0 Å². The lowest BCUT2D eigenvalue weighted by molar-refractivity contribution is -0.136. The minimum absolute atomic E-state index is 0.225. The molecule has 0 saturated carbocycles. The molecule has 1 heterocycles. The number of amides is 2. The number of para-hydroxylation sites is 1. The van der Waals surface area contributed by atoms with E-state index < -0.39 is 16.1 Å². The first-order valence-corrected chi connectivity index (χ1v) is 9.76. The molecule has 0 radical (unpaired) electrons. The van der Waals surface area contributed by atoms with E-state index in [1.165, 1.54) is 4.31 Å². The number of nitrogens with zero attached hydrogens (tertiary/aromatic N) is 3. The average Bonchev–Trinajstić information content (AvgIpc) is 2.58. The molecule has 1 aromatic rings. The van der Waals surface area contributed by atoms with Crippen LogP contribution in [-0.4, -0.2) is 69.0 Å². The maximum absolute atomic E-state index is 12.9. The van der Waals surface area contributed by atoms with Gasteiger partial charge in [0.05, 0.1) is 11.9 Å². The SMILES string of the molecule is CC[C@@H](C(=O)N1CCN(C=O)CC1)N(c1ccccc1)S(C)(=O)=O. The summed E-state index contributed by atoms with van der Waals surface area (Å²) in [6, 6.07) is 7.86. The van der Waals surface area contributed by atoms with Crippen LogP contribution in [0.2, 0.25) is 0 Å². The fraction of sp³-hybridized carbons (Fsp3) is 0.500. The van der Waals surface area contributed by atoms with Crippen LogP contribution in [0.25, 0.3) is 0 Å². The lowest BCUT2D eigenvalue weighted by Crippen LogP contribution is -2.55. The molecule has 2 amide bonds. The zero-order valence-corrected chi connectivity index (χ0v) is 14.8. The molecule has 1 saturated heterocycles. The van der Waals surface area contributed by atoms with Gasteiger partial charge in [0.2, 0.25) is 22.3 Å². The van der Waals surface area contributed by atoms with Gasteiger partial charge in [-0.2, -0.15) is 0 Å². The lowest BCUT2D eigenvalue weighted by atomic mass is 10.1. The minimum Gasteiger partial charge on any atom is -0.342 e. The van der Waals surface area contributed by atoms with Gasteiger partial charge in [-0.15, -0.1) is 0 Å². The summed E-state index contributed by atoms with van der Waals surface area (Å²) in [4.78, 5) is 26.9. The van der Waals surface area contributed by atoms with E-state index in [1.807, 2.05) is 0 Å². The Kier molecular flexibility index (Phi) is 5.82. The van der Waals surface area contributed by atoms with Gasteiger partial charge in [0.15, 0.2) is 0 Å². The van der Waals surface area contributed by atoms with Crippen LogP contribution in [0.4, 0.5) is 5.69 Å². The van der Waals surface area contributed by atoms with Crippen molar-refractivity contribution < 1.29 is 18.0 Å². The molecule has 0 unspecified atom stereocenters. The van der Waals surface area contributed by atoms with E-state index in [0.717, 1.165) is 12.7 Å². The number of carbonyl (C=O) groups excluding carboxylic acids is 2. The van der Waals surface area contributed by atoms with Crippen molar-refractivity contribution in [3.05, 3.63) is 30.3 Å². The van der Waals surface area contributed by atoms with Crippen LogP contribution in [-0.2, 0) is 19.6 Å². The normalized spacial score (nSPS) is 16.6. The molecule has 1 atom stereocenters. The molecule has 8 heteroatoms. The quantitative estimate of drug-likeness (QED) is 0.699. The van der Waals surface area contributed by atoms with Gasteiger partial charge in [0, 0.05) is 26.2 Å². The zero-order valence-electron chi connectivity index (χ0n) is 14.0. The molecular formula is C16H23N3O4S. The summed E-state index contributed by atoms with van der Waals surface area (Å²) in [5, 5.41) is 0. The van der Waals surface area contributed by atoms with Crippen LogP contribution in [0.3, 0.4) is 0 Å². The summed E-state index contributed by atoms with van der Waals surface area (Å²) < 4.78 is 25.8. The summed E-state index contributed by atoms with van der Waals surface area (Å²) in [6.45, 7) is 3.57. The molecule has 0 bridgehead atoms. The maximum Gasteiger partial charge on any atom is 0.246 e. The summed E-state index contributed by atoms with van der Waals surface area (Å²) in [6.07, 6.45) is 2.25. The Morgan fingerprint density at radius 2 is 1.79 bits per heavy atom. The molecule has 0 N–H and O–H groups in total. The standard InChI is InChI=1S/C16H23N3O4S/c1-3-15(16(21)18-11-9-17(13-20)10-12-18)19(24(2,22)23)14-7-5-4-6-8-14/h4-8,13,15H,3,9-12H2,1-2H3/t15-/m0/s1. The van der Waals surface area contributed by atoms with E-state index in [9.17, 15) is 18.0 Å². The number of rotatable bonds is 6. The first-order valence-electron chi connectivity index (χ1n) is 7.91. The molecule has 0 aliphatic carbocycles. The maximum atomic E-state index is 12.9. The van der Waals surface area contributed by atoms with Gasteiger partial charge in [-0.05, 0) is 18.6 Å². The third kappa shape index (κ3) is 4.05. The van der Waals surface area contributed by atoms with Gasteiger partial charge in [-0.25, -0.2) is 8.42 Å². The Balaban J connectivity index is 2.26. The third-order valence-electron chi connectivity index (χ3n) is 4.10. The van der Waals surface area contributed by atoms with Crippen molar-refractivity contribution in [1.82, 2.24) is 9.80 Å². The molecule has 0 aromatic heterocycles. The summed E-state index contributed by atoms with van der Waals surface area (Å²) in [7, 11) is -3.61. The Labute approximate surface area is 142 Å². The summed E-state index contributed by atoms with van der Waals surface area (Å²) >= 11 is 0. The number of sulfonamides is 1. The number of carbonyl (C=O) groups is 2. The monoisotopic (exact) mass is 353 g/mol. The van der Waals surface area contributed by atoms with Crippen LogP contribution in [0.5, 0.6) is 0 Å². The van der Waals surface area contributed by atoms with E-state index in [4.69, 9.17) is 0 Å². The van der Waals surface area contributed by atoms with E-state index in [-0.39, 0.29) is 5.91 Å². The fourth-order valence-corrected chi connectivity index (χ4v) is 4.08. The Bertz CT molecular complexity index is 670. The second kappa shape index (κ2) is 7.65. The van der Waals surface area contributed by atoms with Crippen molar-refractivity contribution >= 4 is 28.0 Å². The van der Waals surface area contributed by atoms with Crippen LogP contribution >= 0.6 is 0 Å². The molecule has 1 aromatic carbocycles. The highest BCUT2D eigenvalue weighted by Crippen LogP contribution is 2.23. The number of piperazine rings is 1. The Morgan fingerprint density at radius 3 is 2.25 bits per heavy atom. The lowest BCUT2D eigenvalue weighted by Gasteiger charge is -2.37. The van der Waals surface area contributed by atoms with E-state index >= 15 is 0 Å². The van der Waals surface area contributed by atoms with Gasteiger partial charge >= 0.3 is 0 Å². The van der Waals surface area contributed by atoms with Crippen LogP contribution < -0.4 is 4.31 Å². The van der Waals surface area contributed by atoms with Gasteiger partial charge < -0.3 is 9.80 Å². The smallest absolute Gasteiger partial charge is 0.246 e. The molecule has 1 fully saturated rings. The largest absolute Gasteiger partial charge is 0.342 e. The second-order valence-corrected chi connectivity index (χ2v) is 7.64. The molecule has 0 spiro atoms. The molecule has 1 aliphatic rings. The van der Waals surface area contributed by atoms with E-state index in [1.54, 1.807) is 47.1 Å². The molecule has 7 nitrogen and oxygen atoms in total. The van der Waals surface area contributed by atoms with Crippen LogP contribution in [0.1, 0.15) is 13.3 Å². The van der Waals surface area contributed by atoms with E-state index in [0.29, 0.717) is 38.3 Å². The Hall–Kier alpha value is -2.09. The summed E-state index contributed by atoms with van der Waals surface area (Å²) in [5.41, 5.74) is 0.478. The minimum atomic E-state index is -3.61. The van der Waals surface area contributed by atoms with Crippen molar-refractivity contribution in [2.24, 2.45) is 0 Å². The number of hydrogen-bond acceptors (Lipinski definition) is 4. The van der Waals surface area contributed by atoms with Crippen molar-refractivity contribution in [2.75, 3.05) is 36.7 Å². The molecular weight excluding hydrogens is 330 g/mol. The van der Waals surface area contributed by atoms with Gasteiger partial charge in [-0.3, -0.25) is 13.9 Å². The van der Waals surface area contributed by atoms with Crippen molar-refractivity contribution in [2.45, 2.75) is 19.4 Å². The number of anilines is 1. The van der Waals surface area contributed by atoms with Crippen molar-refractivity contribution in [1.29, 1.82) is 0 Å². The van der Waals surface area contributed by atoms with Crippen LogP contribution in [0, 0.1) is 0 Å². The molecule has 132 valence electrons. The van der Waals surface area contributed by atoms with Crippen molar-refractivity contribution in [3.8, 4) is 0 Å². The number of hydrogen-bond donors (Lipinski definition) is 0. The zero-order chi connectivity index (χ0) is 17.7. The molecule has 2 rings (SSSR count). The Morgan fingerprint density at radius 1 is 1.21 bits per heavy atom. The van der Waals surface area contributed by atoms with Gasteiger partial charge in [0.1, 0.15) is 6.04 Å².